The van der Waals surface area contributed by atoms with Gasteiger partial charge in [0, 0.05) is 5.02 Å². The Morgan fingerprint density at radius 1 is 1.08 bits per heavy atom. The summed E-state index contributed by atoms with van der Waals surface area (Å²) < 4.78 is 0. The second-order valence-corrected chi connectivity index (χ2v) is 2.65. The highest BCUT2D eigenvalue weighted by molar-refractivity contribution is 6.31. The van der Waals surface area contributed by atoms with E-state index in [-0.39, 0.29) is 0 Å². The van der Waals surface area contributed by atoms with Gasteiger partial charge in [-0.05, 0) is 18.2 Å². The van der Waals surface area contributed by atoms with Crippen LogP contribution in [0.2, 0.25) is 5.02 Å². The number of amides is 2. The standard InChI is InChI=1S/C8H7ClN2O2/c9-6-1-2-7(10-4-12)8(3-6)11-5-13/h1-5H,(H,10,12)(H,11,13). The maximum atomic E-state index is 10.2. The molecule has 1 aromatic carbocycles. The maximum Gasteiger partial charge on any atom is 0.211 e. The van der Waals surface area contributed by atoms with E-state index in [9.17, 15) is 9.59 Å². The molecule has 0 saturated carbocycles. The SMILES string of the molecule is O=CNc1ccc(Cl)cc1NC=O. The molecule has 0 aromatic heterocycles. The molecule has 0 aliphatic heterocycles. The number of hydrogen-bond donors (Lipinski definition) is 2. The molecule has 0 aliphatic rings. The van der Waals surface area contributed by atoms with Crippen molar-refractivity contribution in [2.45, 2.75) is 0 Å². The average Bonchev–Trinajstić information content (AvgIpc) is 2.10. The summed E-state index contributed by atoms with van der Waals surface area (Å²) in [6, 6.07) is 4.76. The van der Waals surface area contributed by atoms with Crippen molar-refractivity contribution in [2.75, 3.05) is 10.6 Å². The molecular weight excluding hydrogens is 192 g/mol. The quantitative estimate of drug-likeness (QED) is 0.720. The minimum absolute atomic E-state index is 0.467. The first kappa shape index (κ1) is 9.54. The largest absolute Gasteiger partial charge is 0.327 e. The Hall–Kier alpha value is -1.55. The summed E-state index contributed by atoms with van der Waals surface area (Å²) in [6.07, 6.45) is 1.04. The van der Waals surface area contributed by atoms with Crippen LogP contribution in [0.4, 0.5) is 11.4 Å². The number of benzene rings is 1. The minimum atomic E-state index is 0.467. The molecule has 1 rings (SSSR count). The Balaban J connectivity index is 3.01. The molecule has 13 heavy (non-hydrogen) atoms. The highest BCUT2D eigenvalue weighted by atomic mass is 35.5. The predicted molar refractivity (Wildman–Crippen MR) is 50.8 cm³/mol. The monoisotopic (exact) mass is 198 g/mol. The van der Waals surface area contributed by atoms with Gasteiger partial charge in [0.25, 0.3) is 0 Å². The lowest BCUT2D eigenvalue weighted by Gasteiger charge is -2.06. The summed E-state index contributed by atoms with van der Waals surface area (Å²) in [7, 11) is 0. The van der Waals surface area contributed by atoms with E-state index < -0.39 is 0 Å². The van der Waals surface area contributed by atoms with Crippen LogP contribution in [0.5, 0.6) is 0 Å². The van der Waals surface area contributed by atoms with Gasteiger partial charge in [0.05, 0.1) is 11.4 Å². The van der Waals surface area contributed by atoms with E-state index >= 15 is 0 Å². The molecule has 5 heteroatoms. The number of halogens is 1. The second kappa shape index (κ2) is 4.47. The summed E-state index contributed by atoms with van der Waals surface area (Å²) >= 11 is 5.68. The molecule has 0 spiro atoms. The van der Waals surface area contributed by atoms with E-state index in [2.05, 4.69) is 10.6 Å². The number of carbonyl (C=O) groups is 2. The Kier molecular flexibility index (Phi) is 3.28. The fraction of sp³-hybridized carbons (Fsp3) is 0. The van der Waals surface area contributed by atoms with E-state index in [1.165, 1.54) is 0 Å². The van der Waals surface area contributed by atoms with Crippen molar-refractivity contribution in [1.82, 2.24) is 0 Å². The zero-order valence-corrected chi connectivity index (χ0v) is 7.34. The summed E-state index contributed by atoms with van der Waals surface area (Å²) in [5, 5.41) is 5.33. The van der Waals surface area contributed by atoms with Crippen molar-refractivity contribution >= 4 is 35.8 Å². The first-order valence-electron chi connectivity index (χ1n) is 3.48. The lowest BCUT2D eigenvalue weighted by molar-refractivity contribution is -0.106. The van der Waals surface area contributed by atoms with Gasteiger partial charge in [0.2, 0.25) is 12.8 Å². The number of carbonyl (C=O) groups excluding carboxylic acids is 2. The lowest BCUT2D eigenvalue weighted by atomic mass is 10.2. The van der Waals surface area contributed by atoms with E-state index in [1.54, 1.807) is 18.2 Å². The number of anilines is 2. The molecule has 0 bridgehead atoms. The molecule has 0 fully saturated rings. The van der Waals surface area contributed by atoms with Crippen LogP contribution in [0, 0.1) is 0 Å². The third-order valence-electron chi connectivity index (χ3n) is 1.41. The van der Waals surface area contributed by atoms with Crippen LogP contribution in [-0.4, -0.2) is 12.8 Å². The average molecular weight is 199 g/mol. The lowest BCUT2D eigenvalue weighted by Crippen LogP contribution is -2.01. The highest BCUT2D eigenvalue weighted by Crippen LogP contribution is 2.24. The van der Waals surface area contributed by atoms with Gasteiger partial charge in [0.1, 0.15) is 0 Å². The second-order valence-electron chi connectivity index (χ2n) is 2.21. The third-order valence-corrected chi connectivity index (χ3v) is 1.65. The van der Waals surface area contributed by atoms with Gasteiger partial charge in [-0.1, -0.05) is 11.6 Å². The van der Waals surface area contributed by atoms with Gasteiger partial charge in [-0.15, -0.1) is 0 Å². The molecule has 68 valence electrons. The summed E-state index contributed by atoms with van der Waals surface area (Å²) in [5.41, 5.74) is 0.973. The predicted octanol–water partition coefficient (Wildman–Crippen LogP) is 1.48. The Labute approximate surface area is 79.9 Å². The molecule has 4 nitrogen and oxygen atoms in total. The molecule has 2 N–H and O–H groups in total. The van der Waals surface area contributed by atoms with Gasteiger partial charge in [0.15, 0.2) is 0 Å². The fourth-order valence-electron chi connectivity index (χ4n) is 0.889. The van der Waals surface area contributed by atoms with Crippen molar-refractivity contribution in [3.63, 3.8) is 0 Å². The van der Waals surface area contributed by atoms with E-state index in [4.69, 9.17) is 11.6 Å². The Bertz CT molecular complexity index is 328. The molecule has 0 radical (unpaired) electrons. The van der Waals surface area contributed by atoms with Gasteiger partial charge >= 0.3 is 0 Å². The molecule has 0 unspecified atom stereocenters. The molecular formula is C8H7ClN2O2. The van der Waals surface area contributed by atoms with Crippen LogP contribution in [0.3, 0.4) is 0 Å². The molecule has 0 saturated heterocycles. The summed E-state index contributed by atoms with van der Waals surface area (Å²) in [6.45, 7) is 0. The Morgan fingerprint density at radius 3 is 2.31 bits per heavy atom. The van der Waals surface area contributed by atoms with Crippen molar-refractivity contribution < 1.29 is 9.59 Å². The van der Waals surface area contributed by atoms with Gasteiger partial charge in [-0.3, -0.25) is 9.59 Å². The van der Waals surface area contributed by atoms with E-state index in [1.807, 2.05) is 0 Å². The smallest absolute Gasteiger partial charge is 0.211 e. The van der Waals surface area contributed by atoms with Crippen LogP contribution in [0.1, 0.15) is 0 Å². The molecule has 2 amide bonds. The van der Waals surface area contributed by atoms with Crippen molar-refractivity contribution in [2.24, 2.45) is 0 Å². The molecule has 1 aromatic rings. The molecule has 0 atom stereocenters. The molecule has 0 heterocycles. The van der Waals surface area contributed by atoms with Crippen LogP contribution in [0.15, 0.2) is 18.2 Å². The summed E-state index contributed by atoms with van der Waals surface area (Å²) in [5.74, 6) is 0. The first-order chi connectivity index (χ1) is 6.27. The minimum Gasteiger partial charge on any atom is -0.327 e. The van der Waals surface area contributed by atoms with Crippen LogP contribution in [-0.2, 0) is 9.59 Å². The normalized spacial score (nSPS) is 9.00. The van der Waals surface area contributed by atoms with Gasteiger partial charge < -0.3 is 10.6 Å². The van der Waals surface area contributed by atoms with E-state index in [0.29, 0.717) is 29.2 Å². The molecule has 0 aliphatic carbocycles. The Morgan fingerprint density at radius 2 is 1.69 bits per heavy atom. The van der Waals surface area contributed by atoms with Crippen molar-refractivity contribution in [1.29, 1.82) is 0 Å². The van der Waals surface area contributed by atoms with Crippen molar-refractivity contribution in [3.05, 3.63) is 23.2 Å². The number of rotatable bonds is 4. The zero-order chi connectivity index (χ0) is 9.68. The van der Waals surface area contributed by atoms with Gasteiger partial charge in [-0.25, -0.2) is 0 Å². The van der Waals surface area contributed by atoms with Crippen LogP contribution >= 0.6 is 11.6 Å². The number of hydrogen-bond acceptors (Lipinski definition) is 2. The fourth-order valence-corrected chi connectivity index (χ4v) is 1.06. The van der Waals surface area contributed by atoms with E-state index in [0.717, 1.165) is 0 Å². The highest BCUT2D eigenvalue weighted by Gasteiger charge is 2.00. The first-order valence-corrected chi connectivity index (χ1v) is 3.85. The van der Waals surface area contributed by atoms with Crippen molar-refractivity contribution in [3.8, 4) is 0 Å². The summed E-state index contributed by atoms with van der Waals surface area (Å²) in [4.78, 5) is 20.3. The topological polar surface area (TPSA) is 58.2 Å². The zero-order valence-electron chi connectivity index (χ0n) is 6.58. The maximum absolute atomic E-state index is 10.2. The van der Waals surface area contributed by atoms with Gasteiger partial charge in [-0.2, -0.15) is 0 Å². The number of nitrogens with one attached hydrogen (secondary N) is 2. The third kappa shape index (κ3) is 2.45. The van der Waals surface area contributed by atoms with Crippen LogP contribution in [0.25, 0.3) is 0 Å². The van der Waals surface area contributed by atoms with Crippen LogP contribution < -0.4 is 10.6 Å².